The van der Waals surface area contributed by atoms with Gasteiger partial charge in [0.2, 0.25) is 0 Å². The van der Waals surface area contributed by atoms with Gasteiger partial charge in [0.25, 0.3) is 5.91 Å². The van der Waals surface area contributed by atoms with Crippen molar-refractivity contribution < 1.29 is 9.18 Å². The number of nitrogens with zero attached hydrogens (tertiary/aromatic N) is 2. The number of nitrogens with one attached hydrogen (secondary N) is 2. The number of nitrogens with two attached hydrogens (primary N) is 1. The summed E-state index contributed by atoms with van der Waals surface area (Å²) in [4.78, 5) is 20.4. The van der Waals surface area contributed by atoms with Crippen LogP contribution in [0.5, 0.6) is 0 Å². The van der Waals surface area contributed by atoms with E-state index in [1.807, 2.05) is 22.4 Å². The molecule has 4 N–H and O–H groups in total. The number of hydrogen-bond acceptors (Lipinski definition) is 5. The van der Waals surface area contributed by atoms with Crippen molar-refractivity contribution >= 4 is 28.8 Å². The summed E-state index contributed by atoms with van der Waals surface area (Å²) in [6.45, 7) is 8.00. The molecule has 0 unspecified atom stereocenters. The number of allylic oxidation sites excluding steroid dienone is 1. The average molecular weight is 428 g/mol. The van der Waals surface area contributed by atoms with Crippen molar-refractivity contribution in [2.75, 3.05) is 25.4 Å². The minimum Gasteiger partial charge on any atom is -0.398 e. The van der Waals surface area contributed by atoms with Crippen LogP contribution < -0.4 is 16.4 Å². The highest BCUT2D eigenvalue weighted by molar-refractivity contribution is 7.09. The van der Waals surface area contributed by atoms with Crippen LogP contribution >= 0.6 is 11.3 Å². The van der Waals surface area contributed by atoms with Crippen molar-refractivity contribution in [1.82, 2.24) is 15.5 Å². The Bertz CT molecular complexity index is 968. The summed E-state index contributed by atoms with van der Waals surface area (Å²) in [5.74, 6) is -0.0394. The first-order valence-electron chi connectivity index (χ1n) is 9.75. The van der Waals surface area contributed by atoms with Crippen molar-refractivity contribution in [3.63, 3.8) is 0 Å². The Balaban J connectivity index is 1.73. The standard InChI is InChI=1S/C22H26FN5OS/c1-3-20(22(29)26-9-8-18-5-4-12-30-18)27-21-15(2)25-10-11-28(21)14-16-13-17(23)6-7-19(16)24/h3-7,12-13,25H,2,8-11,14,24H2,1H3,(H,26,29)/b20-3-,27-21?. The summed E-state index contributed by atoms with van der Waals surface area (Å²) in [6.07, 6.45) is 2.44. The molecule has 0 atom stereocenters. The minimum absolute atomic E-state index is 0.245. The number of amidine groups is 1. The predicted octanol–water partition coefficient (Wildman–Crippen LogP) is 3.05. The van der Waals surface area contributed by atoms with E-state index >= 15 is 0 Å². The van der Waals surface area contributed by atoms with Crippen molar-refractivity contribution in [3.05, 3.63) is 76.0 Å². The molecular weight excluding hydrogens is 401 g/mol. The fraction of sp³-hybridized carbons (Fsp3) is 0.273. The fourth-order valence-corrected chi connectivity index (χ4v) is 3.84. The van der Waals surface area contributed by atoms with Gasteiger partial charge >= 0.3 is 0 Å². The average Bonchev–Trinajstić information content (AvgIpc) is 3.24. The van der Waals surface area contributed by atoms with E-state index < -0.39 is 0 Å². The third kappa shape index (κ3) is 5.48. The summed E-state index contributed by atoms with van der Waals surface area (Å²) >= 11 is 1.66. The number of thiophene rings is 1. The number of piperazine rings is 1. The smallest absolute Gasteiger partial charge is 0.269 e. The van der Waals surface area contributed by atoms with Crippen LogP contribution in [-0.4, -0.2) is 36.3 Å². The van der Waals surface area contributed by atoms with E-state index in [-0.39, 0.29) is 11.7 Å². The third-order valence-corrected chi connectivity index (χ3v) is 5.66. The molecule has 1 saturated heterocycles. The molecule has 6 nitrogen and oxygen atoms in total. The van der Waals surface area contributed by atoms with Crippen molar-refractivity contribution in [2.24, 2.45) is 4.99 Å². The molecule has 0 aliphatic carbocycles. The number of anilines is 1. The lowest BCUT2D eigenvalue weighted by Crippen LogP contribution is -2.46. The second-order valence-electron chi connectivity index (χ2n) is 6.86. The van der Waals surface area contributed by atoms with Gasteiger partial charge in [0, 0.05) is 36.7 Å². The Hall–Kier alpha value is -3.13. The summed E-state index contributed by atoms with van der Waals surface area (Å²) in [5, 5.41) is 8.10. The molecule has 8 heteroatoms. The molecular formula is C22H26FN5OS. The summed E-state index contributed by atoms with van der Waals surface area (Å²) in [6, 6.07) is 8.35. The number of benzene rings is 1. The van der Waals surface area contributed by atoms with Gasteiger partial charge < -0.3 is 21.3 Å². The van der Waals surface area contributed by atoms with Gasteiger partial charge in [-0.15, -0.1) is 11.3 Å². The highest BCUT2D eigenvalue weighted by Gasteiger charge is 2.22. The monoisotopic (exact) mass is 427 g/mol. The number of nitrogen functional groups attached to an aromatic ring is 1. The number of aliphatic imine (C=N–C) groups is 1. The zero-order valence-corrected chi connectivity index (χ0v) is 17.8. The number of halogens is 1. The Labute approximate surface area is 180 Å². The van der Waals surface area contributed by atoms with Gasteiger partial charge in [-0.2, -0.15) is 0 Å². The van der Waals surface area contributed by atoms with E-state index in [0.717, 1.165) is 6.42 Å². The quantitative estimate of drug-likeness (QED) is 0.469. The van der Waals surface area contributed by atoms with Gasteiger partial charge in [0.15, 0.2) is 5.84 Å². The van der Waals surface area contributed by atoms with Crippen LogP contribution in [0.3, 0.4) is 0 Å². The van der Waals surface area contributed by atoms with Crippen LogP contribution in [0.1, 0.15) is 17.4 Å². The number of rotatable bonds is 7. The van der Waals surface area contributed by atoms with Crippen LogP contribution in [0.2, 0.25) is 0 Å². The first kappa shape index (κ1) is 21.6. The molecule has 0 saturated carbocycles. The molecule has 158 valence electrons. The molecule has 2 heterocycles. The first-order valence-corrected chi connectivity index (χ1v) is 10.6. The van der Waals surface area contributed by atoms with E-state index in [9.17, 15) is 9.18 Å². The van der Waals surface area contributed by atoms with Crippen LogP contribution in [0.15, 0.2) is 64.8 Å². The van der Waals surface area contributed by atoms with Crippen molar-refractivity contribution in [2.45, 2.75) is 19.9 Å². The van der Waals surface area contributed by atoms with Gasteiger partial charge in [-0.3, -0.25) is 4.79 Å². The zero-order chi connectivity index (χ0) is 21.5. The summed E-state index contributed by atoms with van der Waals surface area (Å²) in [7, 11) is 0. The maximum absolute atomic E-state index is 13.7. The SMILES string of the molecule is C=C1NCCN(Cc2cc(F)ccc2N)C1=N/C(=C\C)C(=O)NCCc1cccs1. The summed E-state index contributed by atoms with van der Waals surface area (Å²) in [5.41, 5.74) is 8.11. The molecule has 1 aromatic carbocycles. The lowest BCUT2D eigenvalue weighted by molar-refractivity contribution is -0.117. The van der Waals surface area contributed by atoms with Gasteiger partial charge in [0.1, 0.15) is 11.5 Å². The van der Waals surface area contributed by atoms with Crippen molar-refractivity contribution in [1.29, 1.82) is 0 Å². The number of hydrogen-bond donors (Lipinski definition) is 3. The molecule has 1 aliphatic heterocycles. The molecule has 0 radical (unpaired) electrons. The topological polar surface area (TPSA) is 82.8 Å². The van der Waals surface area contributed by atoms with Gasteiger partial charge in [-0.05, 0) is 48.6 Å². The predicted molar refractivity (Wildman–Crippen MR) is 121 cm³/mol. The Kier molecular flexibility index (Phi) is 7.24. The van der Waals surface area contributed by atoms with Crippen LogP contribution in [0.25, 0.3) is 0 Å². The Morgan fingerprint density at radius 1 is 1.47 bits per heavy atom. The molecule has 1 aromatic heterocycles. The van der Waals surface area contributed by atoms with E-state index in [4.69, 9.17) is 5.73 Å². The minimum atomic E-state index is -0.342. The number of carbonyl (C=O) groups is 1. The third-order valence-electron chi connectivity index (χ3n) is 4.73. The zero-order valence-electron chi connectivity index (χ0n) is 17.0. The first-order chi connectivity index (χ1) is 14.5. The molecule has 0 spiro atoms. The Morgan fingerprint density at radius 2 is 2.30 bits per heavy atom. The molecule has 30 heavy (non-hydrogen) atoms. The molecule has 1 aliphatic rings. The molecule has 1 amide bonds. The van der Waals surface area contributed by atoms with E-state index in [0.29, 0.717) is 54.7 Å². The largest absolute Gasteiger partial charge is 0.398 e. The number of amides is 1. The second kappa shape index (κ2) is 10.1. The van der Waals surface area contributed by atoms with E-state index in [1.54, 1.807) is 30.4 Å². The van der Waals surface area contributed by atoms with Gasteiger partial charge in [0.05, 0.1) is 5.70 Å². The number of carbonyl (C=O) groups excluding carboxylic acids is 1. The summed E-state index contributed by atoms with van der Waals surface area (Å²) < 4.78 is 13.7. The Morgan fingerprint density at radius 3 is 3.03 bits per heavy atom. The second-order valence-corrected chi connectivity index (χ2v) is 7.90. The highest BCUT2D eigenvalue weighted by Crippen LogP contribution is 2.19. The van der Waals surface area contributed by atoms with Crippen LogP contribution in [-0.2, 0) is 17.8 Å². The fourth-order valence-electron chi connectivity index (χ4n) is 3.13. The molecule has 0 bridgehead atoms. The molecule has 3 rings (SSSR count). The maximum Gasteiger partial charge on any atom is 0.269 e. The van der Waals surface area contributed by atoms with Gasteiger partial charge in [-0.25, -0.2) is 9.38 Å². The molecule has 2 aromatic rings. The lowest BCUT2D eigenvalue weighted by atomic mass is 10.1. The van der Waals surface area contributed by atoms with E-state index in [2.05, 4.69) is 22.2 Å². The highest BCUT2D eigenvalue weighted by atomic mass is 32.1. The van der Waals surface area contributed by atoms with Gasteiger partial charge in [-0.1, -0.05) is 18.7 Å². The molecule has 1 fully saturated rings. The van der Waals surface area contributed by atoms with Crippen LogP contribution in [0.4, 0.5) is 10.1 Å². The maximum atomic E-state index is 13.7. The van der Waals surface area contributed by atoms with Crippen LogP contribution in [0, 0.1) is 5.82 Å². The van der Waals surface area contributed by atoms with E-state index in [1.165, 1.54) is 17.0 Å². The van der Waals surface area contributed by atoms with Crippen molar-refractivity contribution in [3.8, 4) is 0 Å². The lowest BCUT2D eigenvalue weighted by Gasteiger charge is -2.33. The normalized spacial score (nSPS) is 15.9.